The standard InChI is InChI=1S/C48H32N2O/c1-3-13-31(14-4-1)33-17-11-19-35(29-33)49-42-24-10-8-22-39(42)45-43(49)27-25-40-46-44(51-48(40)45)28-26-38-37-21-7-9-23-41(37)50(47(38)46)36-20-12-18-34(30-36)32-15-5-2-6-16-32/h1-3,5-13,15-30H,4,14H2. The number of para-hydroxylation sites is 2. The molecule has 240 valence electrons. The third kappa shape index (κ3) is 4.18. The van der Waals surface area contributed by atoms with Crippen LogP contribution in [-0.2, 0) is 0 Å². The fourth-order valence-electron chi connectivity index (χ4n) is 8.52. The molecular weight excluding hydrogens is 621 g/mol. The minimum Gasteiger partial charge on any atom is -0.455 e. The Morgan fingerprint density at radius 3 is 1.98 bits per heavy atom. The summed E-state index contributed by atoms with van der Waals surface area (Å²) >= 11 is 0. The van der Waals surface area contributed by atoms with Crippen molar-refractivity contribution in [2.24, 2.45) is 0 Å². The van der Waals surface area contributed by atoms with Gasteiger partial charge in [0.15, 0.2) is 0 Å². The second-order valence-electron chi connectivity index (χ2n) is 13.6. The molecule has 3 heterocycles. The lowest BCUT2D eigenvalue weighted by molar-refractivity contribution is 0.673. The summed E-state index contributed by atoms with van der Waals surface area (Å²) in [5, 5.41) is 7.05. The van der Waals surface area contributed by atoms with Gasteiger partial charge >= 0.3 is 0 Å². The monoisotopic (exact) mass is 652 g/mol. The molecule has 0 unspecified atom stereocenters. The predicted molar refractivity (Wildman–Crippen MR) is 214 cm³/mol. The van der Waals surface area contributed by atoms with E-state index < -0.39 is 0 Å². The van der Waals surface area contributed by atoms with E-state index in [4.69, 9.17) is 4.42 Å². The number of rotatable bonds is 4. The number of benzene rings is 7. The van der Waals surface area contributed by atoms with Gasteiger partial charge in [0.25, 0.3) is 0 Å². The van der Waals surface area contributed by atoms with E-state index in [9.17, 15) is 0 Å². The highest BCUT2D eigenvalue weighted by Crippen LogP contribution is 2.45. The van der Waals surface area contributed by atoms with E-state index in [0.717, 1.165) is 57.1 Å². The summed E-state index contributed by atoms with van der Waals surface area (Å²) in [5.41, 5.74) is 13.8. The SMILES string of the molecule is C1=CCCC(c2cccc(-n3c4ccccc4c4c5oc6ccc7c8ccccc8n(-c8cccc(-c9ccccc9)c8)c7c6c5ccc43)c2)=C1. The van der Waals surface area contributed by atoms with Gasteiger partial charge in [-0.15, -0.1) is 0 Å². The Balaban J connectivity index is 1.21. The zero-order valence-corrected chi connectivity index (χ0v) is 27.9. The van der Waals surface area contributed by atoms with E-state index in [-0.39, 0.29) is 0 Å². The molecule has 1 aliphatic carbocycles. The molecule has 1 aliphatic rings. The van der Waals surface area contributed by atoms with Crippen LogP contribution in [0.15, 0.2) is 174 Å². The average molecular weight is 653 g/mol. The van der Waals surface area contributed by atoms with Crippen molar-refractivity contribution in [3.05, 3.63) is 175 Å². The van der Waals surface area contributed by atoms with Gasteiger partial charge in [0.1, 0.15) is 11.2 Å². The van der Waals surface area contributed by atoms with Gasteiger partial charge in [0.2, 0.25) is 0 Å². The molecule has 0 spiro atoms. The van der Waals surface area contributed by atoms with Crippen molar-refractivity contribution in [1.29, 1.82) is 0 Å². The summed E-state index contributed by atoms with van der Waals surface area (Å²) in [5.74, 6) is 0. The van der Waals surface area contributed by atoms with Crippen LogP contribution in [0.5, 0.6) is 0 Å². The first kappa shape index (κ1) is 28.3. The molecule has 0 bridgehead atoms. The minimum absolute atomic E-state index is 0.893. The average Bonchev–Trinajstić information content (AvgIpc) is 3.86. The Hall–Kier alpha value is -6.58. The smallest absolute Gasteiger partial charge is 0.145 e. The summed E-state index contributed by atoms with van der Waals surface area (Å²) < 4.78 is 11.8. The Kier molecular flexibility index (Phi) is 6.08. The van der Waals surface area contributed by atoms with Gasteiger partial charge in [-0.2, -0.15) is 0 Å². The number of hydrogen-bond donors (Lipinski definition) is 0. The number of furan rings is 1. The Labute approximate surface area is 294 Å². The quantitative estimate of drug-likeness (QED) is 0.186. The number of fused-ring (bicyclic) bond motifs is 11. The van der Waals surface area contributed by atoms with E-state index in [1.807, 2.05) is 0 Å². The predicted octanol–water partition coefficient (Wildman–Crippen LogP) is 13.2. The zero-order chi connectivity index (χ0) is 33.5. The van der Waals surface area contributed by atoms with Gasteiger partial charge in [-0.3, -0.25) is 0 Å². The molecule has 0 atom stereocenters. The van der Waals surface area contributed by atoms with E-state index in [1.165, 1.54) is 55.0 Å². The maximum Gasteiger partial charge on any atom is 0.145 e. The van der Waals surface area contributed by atoms with Crippen LogP contribution >= 0.6 is 0 Å². The molecule has 51 heavy (non-hydrogen) atoms. The van der Waals surface area contributed by atoms with Gasteiger partial charge in [0.05, 0.1) is 32.8 Å². The molecule has 0 saturated carbocycles. The molecule has 3 aromatic heterocycles. The van der Waals surface area contributed by atoms with Gasteiger partial charge < -0.3 is 13.6 Å². The van der Waals surface area contributed by atoms with Crippen LogP contribution in [0.4, 0.5) is 0 Å². The van der Waals surface area contributed by atoms with Crippen LogP contribution < -0.4 is 0 Å². The van der Waals surface area contributed by atoms with Gasteiger partial charge in [-0.25, -0.2) is 0 Å². The zero-order valence-electron chi connectivity index (χ0n) is 27.9. The van der Waals surface area contributed by atoms with Crippen LogP contribution in [0.2, 0.25) is 0 Å². The number of allylic oxidation sites excluding steroid dienone is 4. The topological polar surface area (TPSA) is 23.0 Å². The molecule has 0 saturated heterocycles. The lowest BCUT2D eigenvalue weighted by Gasteiger charge is -2.13. The van der Waals surface area contributed by atoms with Crippen LogP contribution in [0, 0.1) is 0 Å². The van der Waals surface area contributed by atoms with Gasteiger partial charge in [-0.05, 0) is 95.8 Å². The lowest BCUT2D eigenvalue weighted by Crippen LogP contribution is -1.96. The van der Waals surface area contributed by atoms with Crippen LogP contribution in [0.25, 0.3) is 93.6 Å². The van der Waals surface area contributed by atoms with E-state index in [1.54, 1.807) is 0 Å². The van der Waals surface area contributed by atoms with Crippen LogP contribution in [0.3, 0.4) is 0 Å². The first-order valence-corrected chi connectivity index (χ1v) is 17.7. The van der Waals surface area contributed by atoms with Crippen molar-refractivity contribution in [2.75, 3.05) is 0 Å². The molecule has 11 rings (SSSR count). The van der Waals surface area contributed by atoms with Crippen LogP contribution in [0.1, 0.15) is 18.4 Å². The van der Waals surface area contributed by atoms with Crippen molar-refractivity contribution in [1.82, 2.24) is 9.13 Å². The molecule has 3 heteroatoms. The van der Waals surface area contributed by atoms with E-state index in [2.05, 4.69) is 179 Å². The maximum absolute atomic E-state index is 6.99. The summed E-state index contributed by atoms with van der Waals surface area (Å²) in [6.07, 6.45) is 8.83. The van der Waals surface area contributed by atoms with Crippen molar-refractivity contribution in [3.63, 3.8) is 0 Å². The fraction of sp³-hybridized carbons (Fsp3) is 0.0417. The Morgan fingerprint density at radius 1 is 0.471 bits per heavy atom. The Morgan fingerprint density at radius 2 is 1.16 bits per heavy atom. The van der Waals surface area contributed by atoms with Gasteiger partial charge in [-0.1, -0.05) is 109 Å². The lowest BCUT2D eigenvalue weighted by atomic mass is 9.97. The van der Waals surface area contributed by atoms with Crippen molar-refractivity contribution < 1.29 is 4.42 Å². The molecule has 0 radical (unpaired) electrons. The molecule has 10 aromatic rings. The molecule has 0 N–H and O–H groups in total. The molecule has 7 aromatic carbocycles. The molecular formula is C48H32N2O. The van der Waals surface area contributed by atoms with Crippen molar-refractivity contribution >= 4 is 71.1 Å². The normalized spacial score (nSPS) is 13.4. The third-order valence-corrected chi connectivity index (χ3v) is 10.8. The van der Waals surface area contributed by atoms with Gasteiger partial charge in [0, 0.05) is 32.9 Å². The minimum atomic E-state index is 0.893. The number of hydrogen-bond acceptors (Lipinski definition) is 1. The first-order chi connectivity index (χ1) is 25.3. The number of nitrogens with zero attached hydrogens (tertiary/aromatic N) is 2. The van der Waals surface area contributed by atoms with Crippen LogP contribution in [-0.4, -0.2) is 9.13 Å². The Bertz CT molecular complexity index is 3070. The maximum atomic E-state index is 6.99. The third-order valence-electron chi connectivity index (χ3n) is 10.8. The highest BCUT2D eigenvalue weighted by Gasteiger charge is 2.23. The first-order valence-electron chi connectivity index (χ1n) is 17.7. The largest absolute Gasteiger partial charge is 0.455 e. The molecule has 0 fully saturated rings. The fourth-order valence-corrected chi connectivity index (χ4v) is 8.52. The van der Waals surface area contributed by atoms with Crippen molar-refractivity contribution in [3.8, 4) is 22.5 Å². The molecule has 3 nitrogen and oxygen atoms in total. The second-order valence-corrected chi connectivity index (χ2v) is 13.6. The summed E-state index contributed by atoms with van der Waals surface area (Å²) in [7, 11) is 0. The summed E-state index contributed by atoms with van der Waals surface area (Å²) in [4.78, 5) is 0. The van der Waals surface area contributed by atoms with E-state index in [0.29, 0.717) is 0 Å². The molecule has 0 aliphatic heterocycles. The summed E-state index contributed by atoms with van der Waals surface area (Å²) in [6.45, 7) is 0. The van der Waals surface area contributed by atoms with Crippen molar-refractivity contribution in [2.45, 2.75) is 12.8 Å². The highest BCUT2D eigenvalue weighted by molar-refractivity contribution is 6.30. The van der Waals surface area contributed by atoms with E-state index >= 15 is 0 Å². The highest BCUT2D eigenvalue weighted by atomic mass is 16.3. The molecule has 0 amide bonds. The number of aromatic nitrogens is 2. The second kappa shape index (κ2) is 11.0. The summed E-state index contributed by atoms with van der Waals surface area (Å²) in [6, 6.07) is 55.0.